The minimum Gasteiger partial charge on any atom is -0.467 e. The highest BCUT2D eigenvalue weighted by Crippen LogP contribution is 2.29. The van der Waals surface area contributed by atoms with Crippen LogP contribution in [0.15, 0.2) is 23.8 Å². The molecule has 2 rings (SSSR count). The van der Waals surface area contributed by atoms with E-state index < -0.39 is 0 Å². The second kappa shape index (κ2) is 7.22. The lowest BCUT2D eigenvalue weighted by Gasteiger charge is -2.21. The monoisotopic (exact) mass is 293 g/mol. The van der Waals surface area contributed by atoms with Crippen molar-refractivity contribution in [3.63, 3.8) is 0 Å². The van der Waals surface area contributed by atoms with E-state index in [2.05, 4.69) is 5.32 Å². The summed E-state index contributed by atoms with van der Waals surface area (Å²) in [5, 5.41) is 2.83. The zero-order chi connectivity index (χ0) is 15.2. The number of hydrogen-bond donors (Lipinski definition) is 1. The number of rotatable bonds is 5. The zero-order valence-electron chi connectivity index (χ0n) is 12.4. The van der Waals surface area contributed by atoms with Gasteiger partial charge in [-0.3, -0.25) is 4.79 Å². The molecule has 21 heavy (non-hydrogen) atoms. The molecule has 4 nitrogen and oxygen atoms in total. The topological polar surface area (TPSA) is 47.6 Å². The van der Waals surface area contributed by atoms with Crippen LogP contribution in [0, 0.1) is 5.82 Å². The van der Waals surface area contributed by atoms with Crippen LogP contribution in [0.2, 0.25) is 0 Å². The van der Waals surface area contributed by atoms with Crippen LogP contribution in [0.3, 0.4) is 0 Å². The largest absolute Gasteiger partial charge is 0.467 e. The van der Waals surface area contributed by atoms with Gasteiger partial charge in [0.05, 0.1) is 6.61 Å². The van der Waals surface area contributed by atoms with E-state index in [9.17, 15) is 9.18 Å². The summed E-state index contributed by atoms with van der Waals surface area (Å²) in [6.45, 7) is 4.73. The van der Waals surface area contributed by atoms with E-state index in [0.29, 0.717) is 36.5 Å². The van der Waals surface area contributed by atoms with Crippen LogP contribution >= 0.6 is 0 Å². The standard InChI is InChI=1S/C16H20FNO3/c1-3-4-11(2)16(19)18-6-5-12-7-14(17)8-13-9-20-10-21-15(12)13/h4,7-8H,3,5-6,9-10H2,1-2H3,(H,18,19)/b11-4+. The number of carbonyl (C=O) groups excluding carboxylic acids is 1. The molecule has 1 aliphatic rings. The van der Waals surface area contributed by atoms with Crippen molar-refractivity contribution in [2.75, 3.05) is 13.3 Å². The molecule has 1 aliphatic heterocycles. The zero-order valence-corrected chi connectivity index (χ0v) is 12.4. The van der Waals surface area contributed by atoms with Crippen LogP contribution in [0.5, 0.6) is 5.75 Å². The van der Waals surface area contributed by atoms with E-state index in [1.54, 1.807) is 6.92 Å². The lowest BCUT2D eigenvalue weighted by atomic mass is 10.1. The number of benzene rings is 1. The molecule has 0 aromatic heterocycles. The van der Waals surface area contributed by atoms with Crippen molar-refractivity contribution in [1.82, 2.24) is 5.32 Å². The maximum absolute atomic E-state index is 13.6. The summed E-state index contributed by atoms with van der Waals surface area (Å²) in [4.78, 5) is 11.8. The molecule has 0 bridgehead atoms. The predicted molar refractivity (Wildman–Crippen MR) is 77.4 cm³/mol. The molecular formula is C16H20FNO3. The Hall–Kier alpha value is -1.88. The lowest BCUT2D eigenvalue weighted by Crippen LogP contribution is -2.26. The van der Waals surface area contributed by atoms with Crippen molar-refractivity contribution in [2.24, 2.45) is 0 Å². The maximum Gasteiger partial charge on any atom is 0.246 e. The van der Waals surface area contributed by atoms with Crippen LogP contribution in [0.25, 0.3) is 0 Å². The van der Waals surface area contributed by atoms with Crippen molar-refractivity contribution in [1.29, 1.82) is 0 Å². The molecule has 0 fully saturated rings. The summed E-state index contributed by atoms with van der Waals surface area (Å²) < 4.78 is 24.1. The van der Waals surface area contributed by atoms with Gasteiger partial charge in [-0.1, -0.05) is 13.0 Å². The Morgan fingerprint density at radius 2 is 2.29 bits per heavy atom. The van der Waals surface area contributed by atoms with Gasteiger partial charge >= 0.3 is 0 Å². The van der Waals surface area contributed by atoms with Gasteiger partial charge in [0.1, 0.15) is 11.6 Å². The summed E-state index contributed by atoms with van der Waals surface area (Å²) in [6, 6.07) is 2.87. The Labute approximate surface area is 123 Å². The van der Waals surface area contributed by atoms with Crippen molar-refractivity contribution in [2.45, 2.75) is 33.3 Å². The van der Waals surface area contributed by atoms with Gasteiger partial charge in [-0.15, -0.1) is 0 Å². The molecule has 0 aliphatic carbocycles. The first-order valence-electron chi connectivity index (χ1n) is 7.08. The third-order valence-electron chi connectivity index (χ3n) is 3.30. The van der Waals surface area contributed by atoms with E-state index in [0.717, 1.165) is 12.0 Å². The van der Waals surface area contributed by atoms with E-state index in [4.69, 9.17) is 9.47 Å². The molecule has 1 amide bonds. The van der Waals surface area contributed by atoms with Crippen molar-refractivity contribution in [3.05, 3.63) is 40.7 Å². The highest BCUT2D eigenvalue weighted by atomic mass is 19.1. The molecule has 1 aromatic carbocycles. The average molecular weight is 293 g/mol. The smallest absolute Gasteiger partial charge is 0.246 e. The number of allylic oxidation sites excluding steroid dienone is 1. The molecule has 1 N–H and O–H groups in total. The minimum atomic E-state index is -0.314. The number of nitrogens with one attached hydrogen (secondary N) is 1. The summed E-state index contributed by atoms with van der Waals surface area (Å²) in [7, 11) is 0. The Bertz CT molecular complexity index is 555. The van der Waals surface area contributed by atoms with Crippen LogP contribution in [0.1, 0.15) is 31.4 Å². The molecule has 114 valence electrons. The fraction of sp³-hybridized carbons (Fsp3) is 0.438. The Kier molecular flexibility index (Phi) is 5.33. The Morgan fingerprint density at radius 1 is 1.48 bits per heavy atom. The van der Waals surface area contributed by atoms with Gasteiger partial charge in [-0.2, -0.15) is 0 Å². The molecule has 1 aromatic rings. The second-order valence-corrected chi connectivity index (χ2v) is 4.97. The molecule has 0 saturated carbocycles. The van der Waals surface area contributed by atoms with E-state index in [1.807, 2.05) is 13.0 Å². The molecule has 0 saturated heterocycles. The summed E-state index contributed by atoms with van der Waals surface area (Å²) in [5.41, 5.74) is 2.17. The fourth-order valence-electron chi connectivity index (χ4n) is 2.29. The van der Waals surface area contributed by atoms with Gasteiger partial charge < -0.3 is 14.8 Å². The number of fused-ring (bicyclic) bond motifs is 1. The molecule has 0 unspecified atom stereocenters. The predicted octanol–water partition coefficient (Wildman–Crippen LogP) is 2.71. The van der Waals surface area contributed by atoms with Crippen LogP contribution in [0.4, 0.5) is 4.39 Å². The van der Waals surface area contributed by atoms with Gasteiger partial charge in [0.2, 0.25) is 5.91 Å². The van der Waals surface area contributed by atoms with Crippen LogP contribution in [-0.2, 0) is 22.6 Å². The Balaban J connectivity index is 1.99. The van der Waals surface area contributed by atoms with Crippen LogP contribution < -0.4 is 10.1 Å². The van der Waals surface area contributed by atoms with E-state index in [-0.39, 0.29) is 18.5 Å². The lowest BCUT2D eigenvalue weighted by molar-refractivity contribution is -0.117. The first-order valence-corrected chi connectivity index (χ1v) is 7.08. The van der Waals surface area contributed by atoms with Gasteiger partial charge in [-0.05, 0) is 37.5 Å². The van der Waals surface area contributed by atoms with Gasteiger partial charge in [-0.25, -0.2) is 4.39 Å². The average Bonchev–Trinajstić information content (AvgIpc) is 2.47. The third kappa shape index (κ3) is 4.04. The second-order valence-electron chi connectivity index (χ2n) is 4.97. The van der Waals surface area contributed by atoms with Gasteiger partial charge in [0, 0.05) is 17.7 Å². The first-order chi connectivity index (χ1) is 10.1. The Morgan fingerprint density at radius 3 is 3.05 bits per heavy atom. The van der Waals surface area contributed by atoms with Crippen molar-refractivity contribution >= 4 is 5.91 Å². The molecule has 0 spiro atoms. The number of halogens is 1. The molecule has 0 radical (unpaired) electrons. The number of carbonyl (C=O) groups is 1. The van der Waals surface area contributed by atoms with Gasteiger partial charge in [0.15, 0.2) is 6.79 Å². The van der Waals surface area contributed by atoms with Crippen molar-refractivity contribution in [3.8, 4) is 5.75 Å². The normalized spacial score (nSPS) is 14.3. The minimum absolute atomic E-state index is 0.0913. The quantitative estimate of drug-likeness (QED) is 0.849. The molecular weight excluding hydrogens is 273 g/mol. The first kappa shape index (κ1) is 15.5. The SMILES string of the molecule is CC/C=C(\C)C(=O)NCCc1cc(F)cc2c1OCOC2. The summed E-state index contributed by atoms with van der Waals surface area (Å²) >= 11 is 0. The molecule has 0 atom stereocenters. The van der Waals surface area contributed by atoms with E-state index in [1.165, 1.54) is 12.1 Å². The maximum atomic E-state index is 13.6. The molecule has 5 heteroatoms. The van der Waals surface area contributed by atoms with Gasteiger partial charge in [0.25, 0.3) is 0 Å². The summed E-state index contributed by atoms with van der Waals surface area (Å²) in [6.07, 6.45) is 3.22. The highest BCUT2D eigenvalue weighted by molar-refractivity contribution is 5.92. The number of ether oxygens (including phenoxy) is 2. The number of amides is 1. The van der Waals surface area contributed by atoms with Crippen molar-refractivity contribution < 1.29 is 18.7 Å². The molecule has 1 heterocycles. The van der Waals surface area contributed by atoms with E-state index >= 15 is 0 Å². The fourth-order valence-corrected chi connectivity index (χ4v) is 2.29. The highest BCUT2D eigenvalue weighted by Gasteiger charge is 2.16. The van der Waals surface area contributed by atoms with Crippen LogP contribution in [-0.4, -0.2) is 19.2 Å². The number of hydrogen-bond acceptors (Lipinski definition) is 3. The summed E-state index contributed by atoms with van der Waals surface area (Å²) in [5.74, 6) is 0.273. The third-order valence-corrected chi connectivity index (χ3v) is 3.30.